The van der Waals surface area contributed by atoms with Gasteiger partial charge in [-0.2, -0.15) is 0 Å². The minimum atomic E-state index is -3.79. The second kappa shape index (κ2) is 5.28. The second-order valence-electron chi connectivity index (χ2n) is 4.85. The molecule has 0 aliphatic rings. The Bertz CT molecular complexity index is 594. The van der Waals surface area contributed by atoms with E-state index in [1.54, 1.807) is 33.9 Å². The molecule has 106 valence electrons. The zero-order valence-corrected chi connectivity index (χ0v) is 12.3. The predicted octanol–water partition coefficient (Wildman–Crippen LogP) is 0.579. The smallest absolute Gasteiger partial charge is 0.244 e. The van der Waals surface area contributed by atoms with Crippen LogP contribution in [0.2, 0.25) is 0 Å². The lowest BCUT2D eigenvalue weighted by Crippen LogP contribution is -2.48. The van der Waals surface area contributed by atoms with Crippen LogP contribution in [0, 0.1) is 6.92 Å². The van der Waals surface area contributed by atoms with Gasteiger partial charge >= 0.3 is 0 Å². The number of aryl methyl sites for hydroxylation is 1. The lowest BCUT2D eigenvalue weighted by Gasteiger charge is -2.23. The monoisotopic (exact) mass is 285 g/mol. The van der Waals surface area contributed by atoms with E-state index < -0.39 is 15.6 Å². The fourth-order valence-electron chi connectivity index (χ4n) is 1.30. The molecule has 0 unspecified atom stereocenters. The quantitative estimate of drug-likeness (QED) is 0.753. The Morgan fingerprint density at radius 2 is 1.89 bits per heavy atom. The Morgan fingerprint density at radius 3 is 2.37 bits per heavy atom. The van der Waals surface area contributed by atoms with Gasteiger partial charge in [0.1, 0.15) is 0 Å². The number of hydrogen-bond donors (Lipinski definition) is 3. The molecule has 0 aliphatic carbocycles. The van der Waals surface area contributed by atoms with Gasteiger partial charge in [-0.3, -0.25) is 4.79 Å². The molecular weight excluding hydrogens is 266 g/mol. The summed E-state index contributed by atoms with van der Waals surface area (Å²) in [5.74, 6) is -0.260. The first kappa shape index (κ1) is 15.6. The lowest BCUT2D eigenvalue weighted by molar-refractivity contribution is -0.121. The maximum absolute atomic E-state index is 12.0. The van der Waals surface area contributed by atoms with Gasteiger partial charge in [-0.05, 0) is 45.5 Å². The number of carbonyl (C=O) groups is 1. The van der Waals surface area contributed by atoms with E-state index in [4.69, 9.17) is 5.14 Å². The molecule has 1 amide bonds. The average Bonchev–Trinajstić information content (AvgIpc) is 2.30. The number of nitrogens with one attached hydrogen (secondary N) is 2. The number of hydrogen-bond acceptors (Lipinski definition) is 4. The number of primary sulfonamides is 1. The topological polar surface area (TPSA) is 101 Å². The van der Waals surface area contributed by atoms with Gasteiger partial charge in [0.25, 0.3) is 0 Å². The van der Waals surface area contributed by atoms with Crippen molar-refractivity contribution in [3.63, 3.8) is 0 Å². The predicted molar refractivity (Wildman–Crippen MR) is 74.3 cm³/mol. The highest BCUT2D eigenvalue weighted by Gasteiger charge is 2.25. The number of rotatable bonds is 4. The van der Waals surface area contributed by atoms with Gasteiger partial charge in [0, 0.05) is 5.69 Å². The summed E-state index contributed by atoms with van der Waals surface area (Å²) in [6, 6.07) is 4.36. The van der Waals surface area contributed by atoms with E-state index in [0.717, 1.165) is 5.56 Å². The molecule has 0 heterocycles. The third kappa shape index (κ3) is 3.76. The van der Waals surface area contributed by atoms with Gasteiger partial charge in [0.15, 0.2) is 0 Å². The highest BCUT2D eigenvalue weighted by atomic mass is 32.2. The summed E-state index contributed by atoms with van der Waals surface area (Å²) in [7, 11) is -2.11. The summed E-state index contributed by atoms with van der Waals surface area (Å²) >= 11 is 0. The van der Waals surface area contributed by atoms with Crippen molar-refractivity contribution in [2.24, 2.45) is 5.14 Å². The average molecular weight is 285 g/mol. The van der Waals surface area contributed by atoms with E-state index in [0.29, 0.717) is 5.69 Å². The SMILES string of the molecule is CNC(C)(C)C(=O)Nc1cc(S(N)(=O)=O)ccc1C. The van der Waals surface area contributed by atoms with E-state index in [-0.39, 0.29) is 10.8 Å². The molecule has 0 spiro atoms. The van der Waals surface area contributed by atoms with Crippen LogP contribution in [0.25, 0.3) is 0 Å². The molecule has 0 radical (unpaired) electrons. The first-order chi connectivity index (χ1) is 8.58. The van der Waals surface area contributed by atoms with Crippen LogP contribution in [0.15, 0.2) is 23.1 Å². The Labute approximate surface area is 113 Å². The van der Waals surface area contributed by atoms with E-state index in [1.165, 1.54) is 12.1 Å². The molecule has 4 N–H and O–H groups in total. The van der Waals surface area contributed by atoms with Gasteiger partial charge in [0.05, 0.1) is 10.4 Å². The van der Waals surface area contributed by atoms with E-state index in [1.807, 2.05) is 0 Å². The summed E-state index contributed by atoms with van der Waals surface area (Å²) in [4.78, 5) is 12.0. The minimum absolute atomic E-state index is 0.0318. The first-order valence-corrected chi connectivity index (χ1v) is 7.26. The molecule has 0 saturated heterocycles. The maximum Gasteiger partial charge on any atom is 0.244 e. The highest BCUT2D eigenvalue weighted by molar-refractivity contribution is 7.89. The van der Waals surface area contributed by atoms with Gasteiger partial charge in [-0.15, -0.1) is 0 Å². The van der Waals surface area contributed by atoms with E-state index in [2.05, 4.69) is 10.6 Å². The number of nitrogens with two attached hydrogens (primary N) is 1. The van der Waals surface area contributed by atoms with Crippen molar-refractivity contribution in [2.75, 3.05) is 12.4 Å². The standard InChI is InChI=1S/C12H19N3O3S/c1-8-5-6-9(19(13,17)18)7-10(8)15-11(16)12(2,3)14-4/h5-7,14H,1-4H3,(H,15,16)(H2,13,17,18). The summed E-state index contributed by atoms with van der Waals surface area (Å²) < 4.78 is 22.6. The summed E-state index contributed by atoms with van der Waals surface area (Å²) in [6.07, 6.45) is 0. The van der Waals surface area contributed by atoms with Gasteiger partial charge in [0.2, 0.25) is 15.9 Å². The van der Waals surface area contributed by atoms with Crippen LogP contribution in [0.4, 0.5) is 5.69 Å². The van der Waals surface area contributed by atoms with Crippen LogP contribution in [0.5, 0.6) is 0 Å². The van der Waals surface area contributed by atoms with Crippen LogP contribution >= 0.6 is 0 Å². The van der Waals surface area contributed by atoms with E-state index in [9.17, 15) is 13.2 Å². The van der Waals surface area contributed by atoms with Crippen LogP contribution in [0.3, 0.4) is 0 Å². The molecule has 0 atom stereocenters. The minimum Gasteiger partial charge on any atom is -0.324 e. The summed E-state index contributed by atoms with van der Waals surface area (Å²) in [6.45, 7) is 5.22. The Hall–Kier alpha value is -1.44. The van der Waals surface area contributed by atoms with Crippen LogP contribution in [-0.2, 0) is 14.8 Å². The van der Waals surface area contributed by atoms with Gasteiger partial charge in [-0.25, -0.2) is 13.6 Å². The largest absolute Gasteiger partial charge is 0.324 e. The third-order valence-corrected chi connectivity index (χ3v) is 3.89. The number of likely N-dealkylation sites (N-methyl/N-ethyl adjacent to an activating group) is 1. The normalized spacial score (nSPS) is 12.3. The van der Waals surface area contributed by atoms with Crippen molar-refractivity contribution < 1.29 is 13.2 Å². The Balaban J connectivity index is 3.12. The van der Waals surface area contributed by atoms with Crippen molar-refractivity contribution in [1.29, 1.82) is 0 Å². The Morgan fingerprint density at radius 1 is 1.32 bits per heavy atom. The number of carbonyl (C=O) groups excluding carboxylic acids is 1. The maximum atomic E-state index is 12.0. The molecule has 0 fully saturated rings. The van der Waals surface area contributed by atoms with Crippen LogP contribution in [0.1, 0.15) is 19.4 Å². The summed E-state index contributed by atoms with van der Waals surface area (Å²) in [5.41, 5.74) is 0.428. The van der Waals surface area contributed by atoms with E-state index >= 15 is 0 Å². The number of sulfonamides is 1. The van der Waals surface area contributed by atoms with Gasteiger partial charge < -0.3 is 10.6 Å². The molecule has 1 aromatic rings. The number of anilines is 1. The molecular formula is C12H19N3O3S. The first-order valence-electron chi connectivity index (χ1n) is 5.72. The van der Waals surface area contributed by atoms with Crippen molar-refractivity contribution in [2.45, 2.75) is 31.2 Å². The molecule has 7 heteroatoms. The van der Waals surface area contributed by atoms with Gasteiger partial charge in [-0.1, -0.05) is 6.07 Å². The molecule has 0 bridgehead atoms. The van der Waals surface area contributed by atoms with Crippen molar-refractivity contribution >= 4 is 21.6 Å². The van der Waals surface area contributed by atoms with Crippen molar-refractivity contribution in [3.8, 4) is 0 Å². The summed E-state index contributed by atoms with van der Waals surface area (Å²) in [5, 5.41) is 10.6. The molecule has 6 nitrogen and oxygen atoms in total. The molecule has 1 rings (SSSR count). The molecule has 0 aliphatic heterocycles. The number of amides is 1. The molecule has 0 aromatic heterocycles. The zero-order valence-electron chi connectivity index (χ0n) is 11.4. The molecule has 0 saturated carbocycles. The zero-order chi connectivity index (χ0) is 14.8. The third-order valence-electron chi connectivity index (χ3n) is 2.98. The number of benzene rings is 1. The van der Waals surface area contributed by atoms with Crippen molar-refractivity contribution in [3.05, 3.63) is 23.8 Å². The molecule has 1 aromatic carbocycles. The molecule has 19 heavy (non-hydrogen) atoms. The fraction of sp³-hybridized carbons (Fsp3) is 0.417. The highest BCUT2D eigenvalue weighted by Crippen LogP contribution is 2.20. The Kier molecular flexibility index (Phi) is 4.34. The van der Waals surface area contributed by atoms with Crippen LogP contribution in [-0.4, -0.2) is 26.9 Å². The second-order valence-corrected chi connectivity index (χ2v) is 6.41. The van der Waals surface area contributed by atoms with Crippen molar-refractivity contribution in [1.82, 2.24) is 5.32 Å². The van der Waals surface area contributed by atoms with Crippen LogP contribution < -0.4 is 15.8 Å². The lowest BCUT2D eigenvalue weighted by atomic mass is 10.0. The fourth-order valence-corrected chi connectivity index (χ4v) is 1.84.